The van der Waals surface area contributed by atoms with Crippen LogP contribution < -0.4 is 19.6 Å². The number of benzene rings is 2. The Morgan fingerprint density at radius 1 is 1.35 bits per heavy atom. The molecule has 134 valence electrons. The minimum Gasteiger partial charge on any atom is -0.490 e. The van der Waals surface area contributed by atoms with Gasteiger partial charge in [0.2, 0.25) is 6.10 Å². The van der Waals surface area contributed by atoms with Crippen molar-refractivity contribution in [3.05, 3.63) is 58.1 Å². The van der Waals surface area contributed by atoms with Crippen molar-refractivity contribution in [3.8, 4) is 17.2 Å². The number of carbonyl (C=O) groups excluding carboxylic acids is 1. The van der Waals surface area contributed by atoms with E-state index in [1.807, 2.05) is 0 Å². The number of hydrazone groups is 1. The first-order valence-electron chi connectivity index (χ1n) is 7.62. The molecule has 1 N–H and O–H groups in total. The summed E-state index contributed by atoms with van der Waals surface area (Å²) in [7, 11) is 1.35. The van der Waals surface area contributed by atoms with Gasteiger partial charge in [-0.25, -0.2) is 5.43 Å². The van der Waals surface area contributed by atoms with E-state index in [2.05, 4.69) is 10.5 Å². The summed E-state index contributed by atoms with van der Waals surface area (Å²) in [6.07, 6.45) is 0.453. The fourth-order valence-electron chi connectivity index (χ4n) is 2.32. The molecular weight excluding hydrogens is 342 g/mol. The quantitative estimate of drug-likeness (QED) is 0.497. The Kier molecular flexibility index (Phi) is 4.97. The zero-order valence-electron chi connectivity index (χ0n) is 13.7. The number of nitro benzene ring substituents is 1. The van der Waals surface area contributed by atoms with E-state index in [1.54, 1.807) is 30.3 Å². The lowest BCUT2D eigenvalue weighted by Gasteiger charge is -2.24. The van der Waals surface area contributed by atoms with Crippen molar-refractivity contribution in [1.82, 2.24) is 5.43 Å². The SMILES string of the molecule is COc1ccc(/C=N\NC(=O)[C@H]2COc3ccccc3O2)cc1[N+](=O)[O-]. The molecule has 3 rings (SSSR count). The van der Waals surface area contributed by atoms with Crippen molar-refractivity contribution in [3.63, 3.8) is 0 Å². The summed E-state index contributed by atoms with van der Waals surface area (Å²) >= 11 is 0. The summed E-state index contributed by atoms with van der Waals surface area (Å²) < 4.78 is 15.9. The molecule has 0 fully saturated rings. The van der Waals surface area contributed by atoms with Gasteiger partial charge in [0.25, 0.3) is 5.91 Å². The fourth-order valence-corrected chi connectivity index (χ4v) is 2.32. The van der Waals surface area contributed by atoms with Crippen molar-refractivity contribution in [1.29, 1.82) is 0 Å². The highest BCUT2D eigenvalue weighted by atomic mass is 16.6. The molecule has 0 saturated carbocycles. The van der Waals surface area contributed by atoms with E-state index >= 15 is 0 Å². The molecule has 0 aromatic heterocycles. The highest BCUT2D eigenvalue weighted by Gasteiger charge is 2.27. The Hall–Kier alpha value is -3.62. The van der Waals surface area contributed by atoms with E-state index in [1.165, 1.54) is 25.5 Å². The lowest BCUT2D eigenvalue weighted by Crippen LogP contribution is -2.42. The Balaban J connectivity index is 1.63. The highest BCUT2D eigenvalue weighted by Crippen LogP contribution is 2.31. The Morgan fingerprint density at radius 2 is 2.12 bits per heavy atom. The van der Waals surface area contributed by atoms with Crippen LogP contribution in [0.15, 0.2) is 47.6 Å². The number of carbonyl (C=O) groups is 1. The van der Waals surface area contributed by atoms with Crippen molar-refractivity contribution in [2.24, 2.45) is 5.10 Å². The molecule has 0 unspecified atom stereocenters. The summed E-state index contributed by atoms with van der Waals surface area (Å²) in [5, 5.41) is 14.8. The number of nitrogens with one attached hydrogen (secondary N) is 1. The number of rotatable bonds is 5. The third kappa shape index (κ3) is 3.72. The third-order valence-electron chi connectivity index (χ3n) is 3.59. The fraction of sp³-hybridized carbons (Fsp3) is 0.176. The number of nitrogens with zero attached hydrogens (tertiary/aromatic N) is 2. The molecule has 9 nitrogen and oxygen atoms in total. The van der Waals surface area contributed by atoms with Gasteiger partial charge in [-0.2, -0.15) is 5.10 Å². The van der Waals surface area contributed by atoms with Gasteiger partial charge in [-0.1, -0.05) is 12.1 Å². The monoisotopic (exact) mass is 357 g/mol. The van der Waals surface area contributed by atoms with Crippen LogP contribution in [0.1, 0.15) is 5.56 Å². The average Bonchev–Trinajstić information content (AvgIpc) is 2.67. The minimum atomic E-state index is -0.841. The molecule has 26 heavy (non-hydrogen) atoms. The smallest absolute Gasteiger partial charge is 0.311 e. The summed E-state index contributed by atoms with van der Waals surface area (Å²) in [6.45, 7) is 0.0619. The predicted molar refractivity (Wildman–Crippen MR) is 91.7 cm³/mol. The maximum Gasteiger partial charge on any atom is 0.311 e. The summed E-state index contributed by atoms with van der Waals surface area (Å²) in [6, 6.07) is 11.4. The van der Waals surface area contributed by atoms with Crippen LogP contribution >= 0.6 is 0 Å². The van der Waals surface area contributed by atoms with Crippen LogP contribution in [0.4, 0.5) is 5.69 Å². The van der Waals surface area contributed by atoms with Crippen LogP contribution in [-0.4, -0.2) is 36.9 Å². The predicted octanol–water partition coefficient (Wildman–Crippen LogP) is 1.89. The number of hydrogen-bond donors (Lipinski definition) is 1. The second kappa shape index (κ2) is 7.51. The number of methoxy groups -OCH3 is 1. The van der Waals surface area contributed by atoms with Crippen molar-refractivity contribution in [2.75, 3.05) is 13.7 Å². The molecule has 0 radical (unpaired) electrons. The van der Waals surface area contributed by atoms with Crippen LogP contribution in [0.3, 0.4) is 0 Å². The van der Waals surface area contributed by atoms with Crippen molar-refractivity contribution < 1.29 is 23.9 Å². The third-order valence-corrected chi connectivity index (χ3v) is 3.59. The van der Waals surface area contributed by atoms with Crippen LogP contribution in [-0.2, 0) is 4.79 Å². The van der Waals surface area contributed by atoms with Gasteiger partial charge in [0.1, 0.15) is 6.61 Å². The lowest BCUT2D eigenvalue weighted by atomic mass is 10.2. The molecule has 0 bridgehead atoms. The largest absolute Gasteiger partial charge is 0.490 e. The van der Waals surface area contributed by atoms with Gasteiger partial charge in [0.15, 0.2) is 17.2 Å². The van der Waals surface area contributed by atoms with E-state index in [4.69, 9.17) is 14.2 Å². The number of ether oxygens (including phenoxy) is 3. The summed E-state index contributed by atoms with van der Waals surface area (Å²) in [5.41, 5.74) is 2.58. The molecule has 0 saturated heterocycles. The van der Waals surface area contributed by atoms with Gasteiger partial charge in [-0.15, -0.1) is 0 Å². The highest BCUT2D eigenvalue weighted by molar-refractivity contribution is 5.85. The topological polar surface area (TPSA) is 112 Å². The van der Waals surface area contributed by atoms with Gasteiger partial charge >= 0.3 is 5.69 Å². The number of nitro groups is 1. The van der Waals surface area contributed by atoms with E-state index in [0.29, 0.717) is 17.1 Å². The Bertz CT molecular complexity index is 867. The number of para-hydroxylation sites is 2. The van der Waals surface area contributed by atoms with Gasteiger partial charge in [0, 0.05) is 11.6 Å². The van der Waals surface area contributed by atoms with Crippen molar-refractivity contribution in [2.45, 2.75) is 6.10 Å². The zero-order chi connectivity index (χ0) is 18.5. The maximum absolute atomic E-state index is 12.1. The van der Waals surface area contributed by atoms with Gasteiger partial charge < -0.3 is 14.2 Å². The molecule has 1 atom stereocenters. The Labute approximate surface area is 148 Å². The molecule has 1 aliphatic heterocycles. The maximum atomic E-state index is 12.1. The standard InChI is InChI=1S/C17H15N3O6/c1-24-13-7-6-11(8-12(13)20(22)23)9-18-19-17(21)16-10-25-14-4-2-3-5-15(14)26-16/h2-9,16H,10H2,1H3,(H,19,21)/b18-9-/t16-/m1/s1. The first-order valence-corrected chi connectivity index (χ1v) is 7.62. The molecule has 1 amide bonds. The molecule has 2 aromatic carbocycles. The van der Waals surface area contributed by atoms with Gasteiger partial charge in [-0.05, 0) is 24.3 Å². The van der Waals surface area contributed by atoms with Gasteiger partial charge in [-0.3, -0.25) is 14.9 Å². The van der Waals surface area contributed by atoms with Crippen molar-refractivity contribution >= 4 is 17.8 Å². The van der Waals surface area contributed by atoms with E-state index in [0.717, 1.165) is 0 Å². The summed E-state index contributed by atoms with van der Waals surface area (Å²) in [4.78, 5) is 22.6. The number of fused-ring (bicyclic) bond motifs is 1. The first kappa shape index (κ1) is 17.2. The molecule has 0 aliphatic carbocycles. The Morgan fingerprint density at radius 3 is 2.85 bits per heavy atom. The van der Waals surface area contributed by atoms with E-state index in [-0.39, 0.29) is 18.0 Å². The molecule has 1 heterocycles. The second-order valence-corrected chi connectivity index (χ2v) is 5.29. The normalized spacial score (nSPS) is 15.5. The second-order valence-electron chi connectivity index (χ2n) is 5.29. The van der Waals surface area contributed by atoms with E-state index in [9.17, 15) is 14.9 Å². The first-order chi connectivity index (χ1) is 12.6. The number of hydrogen-bond acceptors (Lipinski definition) is 7. The van der Waals surface area contributed by atoms with Crippen LogP contribution in [0.2, 0.25) is 0 Å². The average molecular weight is 357 g/mol. The van der Waals surface area contributed by atoms with Gasteiger partial charge in [0.05, 0.1) is 18.2 Å². The molecule has 2 aromatic rings. The molecule has 0 spiro atoms. The van der Waals surface area contributed by atoms with Crippen LogP contribution in [0.25, 0.3) is 0 Å². The molecular formula is C17H15N3O6. The van der Waals surface area contributed by atoms with Crippen LogP contribution in [0, 0.1) is 10.1 Å². The van der Waals surface area contributed by atoms with Crippen LogP contribution in [0.5, 0.6) is 17.2 Å². The molecule has 1 aliphatic rings. The minimum absolute atomic E-state index is 0.0619. The summed E-state index contributed by atoms with van der Waals surface area (Å²) in [5.74, 6) is 0.709. The zero-order valence-corrected chi connectivity index (χ0v) is 13.7. The molecule has 9 heteroatoms. The number of amides is 1. The lowest BCUT2D eigenvalue weighted by molar-refractivity contribution is -0.385. The van der Waals surface area contributed by atoms with E-state index < -0.39 is 16.9 Å².